The van der Waals surface area contributed by atoms with Gasteiger partial charge in [0.05, 0.1) is 4.47 Å². The second-order valence-electron chi connectivity index (χ2n) is 3.80. The Morgan fingerprint density at radius 1 is 1.44 bits per heavy atom. The standard InChI is InChI=1S/C11H13BrFN3O2/c1-5-3-7(12)8(13)4-9(5)15-6(2)10(17)16-11(14)18/h3-4,6,15H,1-2H3,(H3,14,16,17,18). The molecule has 1 aromatic carbocycles. The minimum absolute atomic E-state index is 0.347. The van der Waals surface area contributed by atoms with Crippen LogP contribution in [0.4, 0.5) is 14.9 Å². The molecule has 7 heteroatoms. The Balaban J connectivity index is 2.81. The molecule has 0 saturated carbocycles. The molecule has 0 aliphatic rings. The average Bonchev–Trinajstić information content (AvgIpc) is 2.24. The van der Waals surface area contributed by atoms with Crippen LogP contribution in [-0.4, -0.2) is 18.0 Å². The Kier molecular flexibility index (Phi) is 4.66. The summed E-state index contributed by atoms with van der Waals surface area (Å²) in [6, 6.07) is 1.23. The van der Waals surface area contributed by atoms with Crippen LogP contribution >= 0.6 is 15.9 Å². The zero-order chi connectivity index (χ0) is 13.9. The third kappa shape index (κ3) is 3.69. The summed E-state index contributed by atoms with van der Waals surface area (Å²) >= 11 is 3.06. The summed E-state index contributed by atoms with van der Waals surface area (Å²) in [7, 11) is 0. The van der Waals surface area contributed by atoms with E-state index in [1.165, 1.54) is 13.0 Å². The number of nitrogens with one attached hydrogen (secondary N) is 2. The first kappa shape index (κ1) is 14.4. The second-order valence-corrected chi connectivity index (χ2v) is 4.66. The summed E-state index contributed by atoms with van der Waals surface area (Å²) in [4.78, 5) is 22.0. The van der Waals surface area contributed by atoms with E-state index >= 15 is 0 Å². The molecular weight excluding hydrogens is 305 g/mol. The molecule has 1 unspecified atom stereocenters. The number of carbonyl (C=O) groups is 2. The normalized spacial score (nSPS) is 11.8. The third-order valence-electron chi connectivity index (χ3n) is 2.28. The highest BCUT2D eigenvalue weighted by atomic mass is 79.9. The summed E-state index contributed by atoms with van der Waals surface area (Å²) in [5.74, 6) is -1.02. The number of amides is 3. The highest BCUT2D eigenvalue weighted by molar-refractivity contribution is 9.10. The number of halogens is 2. The summed E-state index contributed by atoms with van der Waals surface area (Å²) in [5.41, 5.74) is 6.07. The van der Waals surface area contributed by atoms with Crippen molar-refractivity contribution >= 4 is 33.6 Å². The lowest BCUT2D eigenvalue weighted by atomic mass is 10.1. The lowest BCUT2D eigenvalue weighted by Gasteiger charge is -2.16. The van der Waals surface area contributed by atoms with Crippen molar-refractivity contribution in [2.45, 2.75) is 19.9 Å². The van der Waals surface area contributed by atoms with Gasteiger partial charge in [0.15, 0.2) is 0 Å². The van der Waals surface area contributed by atoms with Gasteiger partial charge in [-0.15, -0.1) is 0 Å². The Labute approximate surface area is 112 Å². The van der Waals surface area contributed by atoms with Crippen molar-refractivity contribution in [1.29, 1.82) is 0 Å². The highest BCUT2D eigenvalue weighted by Gasteiger charge is 2.15. The van der Waals surface area contributed by atoms with Gasteiger partial charge in [0.2, 0.25) is 5.91 Å². The molecule has 0 fully saturated rings. The first-order valence-electron chi connectivity index (χ1n) is 5.13. The van der Waals surface area contributed by atoms with Gasteiger partial charge in [-0.05, 0) is 47.5 Å². The fraction of sp³-hybridized carbons (Fsp3) is 0.273. The SMILES string of the molecule is Cc1cc(Br)c(F)cc1NC(C)C(=O)NC(N)=O. The smallest absolute Gasteiger partial charge is 0.318 e. The Hall–Kier alpha value is -1.63. The lowest BCUT2D eigenvalue weighted by Crippen LogP contribution is -2.43. The molecule has 3 amide bonds. The van der Waals surface area contributed by atoms with Gasteiger partial charge in [0, 0.05) is 5.69 Å². The van der Waals surface area contributed by atoms with Crippen molar-refractivity contribution in [2.24, 2.45) is 5.73 Å². The zero-order valence-corrected chi connectivity index (χ0v) is 11.5. The number of urea groups is 1. The first-order valence-corrected chi connectivity index (χ1v) is 5.93. The quantitative estimate of drug-likeness (QED) is 0.796. The largest absolute Gasteiger partial charge is 0.374 e. The number of anilines is 1. The number of aryl methyl sites for hydroxylation is 1. The van der Waals surface area contributed by atoms with E-state index in [0.29, 0.717) is 10.2 Å². The summed E-state index contributed by atoms with van der Waals surface area (Å²) < 4.78 is 13.7. The van der Waals surface area contributed by atoms with Crippen LogP contribution in [0.2, 0.25) is 0 Å². The van der Waals surface area contributed by atoms with Crippen molar-refractivity contribution in [3.8, 4) is 0 Å². The van der Waals surface area contributed by atoms with Crippen molar-refractivity contribution < 1.29 is 14.0 Å². The second kappa shape index (κ2) is 5.81. The van der Waals surface area contributed by atoms with Crippen LogP contribution in [-0.2, 0) is 4.79 Å². The van der Waals surface area contributed by atoms with Crippen molar-refractivity contribution in [2.75, 3.05) is 5.32 Å². The molecule has 1 aromatic rings. The van der Waals surface area contributed by atoms with Crippen LogP contribution < -0.4 is 16.4 Å². The van der Waals surface area contributed by atoms with Gasteiger partial charge in [-0.25, -0.2) is 9.18 Å². The molecule has 0 aliphatic carbocycles. The van der Waals surface area contributed by atoms with Crippen molar-refractivity contribution in [3.63, 3.8) is 0 Å². The first-order chi connectivity index (χ1) is 8.31. The summed E-state index contributed by atoms with van der Waals surface area (Å²) in [6.45, 7) is 3.31. The number of nitrogens with two attached hydrogens (primary N) is 1. The average molecular weight is 318 g/mol. The minimum Gasteiger partial charge on any atom is -0.374 e. The van der Waals surface area contributed by atoms with Gasteiger partial charge in [-0.2, -0.15) is 0 Å². The van der Waals surface area contributed by atoms with E-state index in [1.54, 1.807) is 13.0 Å². The minimum atomic E-state index is -0.924. The summed E-state index contributed by atoms with van der Waals surface area (Å²) in [5, 5.41) is 4.75. The fourth-order valence-electron chi connectivity index (χ4n) is 1.33. The van der Waals surface area contributed by atoms with E-state index in [1.807, 2.05) is 5.32 Å². The number of rotatable bonds is 3. The van der Waals surface area contributed by atoms with Crippen LogP contribution in [0.5, 0.6) is 0 Å². The van der Waals surface area contributed by atoms with Crippen molar-refractivity contribution in [1.82, 2.24) is 5.32 Å². The summed E-state index contributed by atoms with van der Waals surface area (Å²) in [6.07, 6.45) is 0. The molecule has 98 valence electrons. The molecule has 0 saturated heterocycles. The Bertz CT molecular complexity index is 493. The van der Waals surface area contributed by atoms with E-state index in [0.717, 1.165) is 5.56 Å². The highest BCUT2D eigenvalue weighted by Crippen LogP contribution is 2.24. The van der Waals surface area contributed by atoms with E-state index in [4.69, 9.17) is 5.73 Å². The fourth-order valence-corrected chi connectivity index (χ4v) is 1.79. The number of primary amides is 1. The van der Waals surface area contributed by atoms with Gasteiger partial charge in [-0.1, -0.05) is 0 Å². The van der Waals surface area contributed by atoms with Crippen molar-refractivity contribution in [3.05, 3.63) is 28.0 Å². The maximum Gasteiger partial charge on any atom is 0.318 e. The van der Waals surface area contributed by atoms with Crippen LogP contribution in [0.3, 0.4) is 0 Å². The molecule has 0 bridgehead atoms. The monoisotopic (exact) mass is 317 g/mol. The van der Waals surface area contributed by atoms with Gasteiger partial charge in [-0.3, -0.25) is 10.1 Å². The lowest BCUT2D eigenvalue weighted by molar-refractivity contribution is -0.120. The molecule has 1 rings (SSSR count). The maximum atomic E-state index is 13.4. The van der Waals surface area contributed by atoms with Gasteiger partial charge in [0.1, 0.15) is 11.9 Å². The maximum absolute atomic E-state index is 13.4. The zero-order valence-electron chi connectivity index (χ0n) is 9.88. The Morgan fingerprint density at radius 2 is 2.06 bits per heavy atom. The van der Waals surface area contributed by atoms with Crippen LogP contribution in [0, 0.1) is 12.7 Å². The van der Waals surface area contributed by atoms with Crippen LogP contribution in [0.15, 0.2) is 16.6 Å². The molecule has 0 heterocycles. The number of hydrogen-bond donors (Lipinski definition) is 3. The molecule has 5 nitrogen and oxygen atoms in total. The van der Waals surface area contributed by atoms with Crippen LogP contribution in [0.25, 0.3) is 0 Å². The van der Waals surface area contributed by atoms with E-state index < -0.39 is 23.8 Å². The Morgan fingerprint density at radius 3 is 2.61 bits per heavy atom. The number of carbonyl (C=O) groups excluding carboxylic acids is 2. The molecule has 0 aliphatic heterocycles. The topological polar surface area (TPSA) is 84.2 Å². The molecule has 0 aromatic heterocycles. The van der Waals surface area contributed by atoms with E-state index in [9.17, 15) is 14.0 Å². The molecule has 0 radical (unpaired) electrons. The molecule has 18 heavy (non-hydrogen) atoms. The van der Waals surface area contributed by atoms with Gasteiger partial charge in [0.25, 0.3) is 0 Å². The number of benzene rings is 1. The molecule has 0 spiro atoms. The molecule has 1 atom stereocenters. The van der Waals surface area contributed by atoms with Gasteiger partial charge >= 0.3 is 6.03 Å². The third-order valence-corrected chi connectivity index (χ3v) is 2.89. The van der Waals surface area contributed by atoms with E-state index in [-0.39, 0.29) is 0 Å². The predicted octanol–water partition coefficient (Wildman–Crippen LogP) is 1.89. The van der Waals surface area contributed by atoms with Gasteiger partial charge < -0.3 is 11.1 Å². The molecule has 4 N–H and O–H groups in total. The van der Waals surface area contributed by atoms with Crippen LogP contribution in [0.1, 0.15) is 12.5 Å². The number of hydrogen-bond acceptors (Lipinski definition) is 3. The molecular formula is C11H13BrFN3O2. The van der Waals surface area contributed by atoms with E-state index in [2.05, 4.69) is 21.2 Å². The predicted molar refractivity (Wildman–Crippen MR) is 69.6 cm³/mol. The number of imide groups is 1.